The van der Waals surface area contributed by atoms with Crippen molar-refractivity contribution in [1.82, 2.24) is 5.48 Å². The lowest BCUT2D eigenvalue weighted by atomic mass is 9.46. The van der Waals surface area contributed by atoms with E-state index in [0.717, 1.165) is 5.56 Å². The summed E-state index contributed by atoms with van der Waals surface area (Å²) in [6.07, 6.45) is -4.62. The van der Waals surface area contributed by atoms with E-state index in [9.17, 15) is 35.1 Å². The Morgan fingerprint density at radius 3 is 2.55 bits per heavy atom. The van der Waals surface area contributed by atoms with Crippen molar-refractivity contribution in [3.63, 3.8) is 0 Å². The Morgan fingerprint density at radius 1 is 1.27 bits per heavy atom. The molecule has 8 N–H and O–H groups in total. The van der Waals surface area contributed by atoms with Crippen LogP contribution in [-0.4, -0.2) is 62.1 Å². The Kier molecular flexibility index (Phi) is 5.83. The number of phenols is 1. The van der Waals surface area contributed by atoms with Crippen molar-refractivity contribution in [2.75, 3.05) is 7.11 Å². The minimum absolute atomic E-state index is 0.147. The molecule has 33 heavy (non-hydrogen) atoms. The van der Waals surface area contributed by atoms with Gasteiger partial charge in [0.25, 0.3) is 0 Å². The third-order valence-electron chi connectivity index (χ3n) is 8.28. The van der Waals surface area contributed by atoms with Crippen LogP contribution in [-0.2, 0) is 20.8 Å². The van der Waals surface area contributed by atoms with Gasteiger partial charge in [0.2, 0.25) is 5.91 Å². The Labute approximate surface area is 191 Å². The highest BCUT2D eigenvalue weighted by molar-refractivity contribution is 6.02. The fourth-order valence-corrected chi connectivity index (χ4v) is 6.74. The molecular weight excluding hydrogens is 432 g/mol. The van der Waals surface area contributed by atoms with Crippen molar-refractivity contribution in [3.8, 4) is 5.75 Å². The van der Waals surface area contributed by atoms with E-state index in [1.54, 1.807) is 13.0 Å². The number of rotatable bonds is 4. The van der Waals surface area contributed by atoms with E-state index in [4.69, 9.17) is 10.6 Å². The molecule has 4 rings (SSSR count). The summed E-state index contributed by atoms with van der Waals surface area (Å²) in [7, 11) is 1.48. The third kappa shape index (κ3) is 3.23. The van der Waals surface area contributed by atoms with Gasteiger partial charge >= 0.3 is 0 Å². The van der Waals surface area contributed by atoms with E-state index in [0.29, 0.717) is 12.0 Å². The van der Waals surface area contributed by atoms with Gasteiger partial charge in [0.15, 0.2) is 0 Å². The molecule has 0 heterocycles. The molecule has 1 amide bonds. The molecule has 2 saturated carbocycles. The fourth-order valence-electron chi connectivity index (χ4n) is 6.74. The number of phenolic OH excluding ortho intramolecular Hbond substituents is 1. The molecule has 6 unspecified atom stereocenters. The first-order valence-electron chi connectivity index (χ1n) is 11.1. The predicted octanol–water partition coefficient (Wildman–Crippen LogP) is -0.637. The summed E-state index contributed by atoms with van der Waals surface area (Å²) in [6.45, 7) is 3.47. The molecule has 10 nitrogen and oxygen atoms in total. The summed E-state index contributed by atoms with van der Waals surface area (Å²) in [4.78, 5) is 29.6. The van der Waals surface area contributed by atoms with Crippen LogP contribution in [0, 0.1) is 23.2 Å². The number of hydroxylamine groups is 1. The number of aliphatic hydroxyl groups is 4. The Morgan fingerprint density at radius 2 is 1.94 bits per heavy atom. The topological polar surface area (TPSA) is 183 Å². The highest BCUT2D eigenvalue weighted by atomic mass is 16.6. The van der Waals surface area contributed by atoms with Crippen LogP contribution in [0.15, 0.2) is 12.1 Å². The summed E-state index contributed by atoms with van der Waals surface area (Å²) in [5.74, 6) is -4.77. The van der Waals surface area contributed by atoms with Gasteiger partial charge in [-0.25, -0.2) is 0 Å². The number of fused-ring (bicyclic) bond motifs is 3. The monoisotopic (exact) mass is 464 g/mol. The normalized spacial score (nSPS) is 41.0. The second-order valence-corrected chi connectivity index (χ2v) is 10.1. The van der Waals surface area contributed by atoms with E-state index in [2.05, 4.69) is 5.48 Å². The van der Waals surface area contributed by atoms with Crippen molar-refractivity contribution >= 4 is 11.7 Å². The predicted molar refractivity (Wildman–Crippen MR) is 114 cm³/mol. The first-order chi connectivity index (χ1) is 15.4. The second kappa shape index (κ2) is 8.00. The standard InChI is InChI=1S/C23H32N2O8/c1-9(25-33-3)11-4-5-13(26)16-12(11)6-10-7-22(2)8-14(27)17(21(24)31)20(30)23(22,32)19(29)15(10)18(16)28/h4-5,9-10,15,17-20,25-26,28-30,32H,6-8H2,1-3H3,(H2,24,31)/t9?,10-,15?,17?,18?,19?,20?,22-,23-/m0/s1. The summed E-state index contributed by atoms with van der Waals surface area (Å²) in [6, 6.07) is 2.93. The Balaban J connectivity index is 1.82. The lowest BCUT2D eigenvalue weighted by Gasteiger charge is -2.62. The van der Waals surface area contributed by atoms with E-state index in [1.165, 1.54) is 13.2 Å². The molecule has 2 fully saturated rings. The molecule has 3 aliphatic carbocycles. The molecule has 3 aliphatic rings. The fraction of sp³-hybridized carbons (Fsp3) is 0.652. The lowest BCUT2D eigenvalue weighted by Crippen LogP contribution is -2.75. The minimum atomic E-state index is -2.25. The minimum Gasteiger partial charge on any atom is -0.508 e. The Hall–Kier alpha value is -2.08. The zero-order valence-electron chi connectivity index (χ0n) is 18.9. The zero-order chi connectivity index (χ0) is 24.5. The van der Waals surface area contributed by atoms with Crippen molar-refractivity contribution in [1.29, 1.82) is 0 Å². The highest BCUT2D eigenvalue weighted by Crippen LogP contribution is 2.61. The van der Waals surface area contributed by atoms with Crippen LogP contribution in [0.1, 0.15) is 55.5 Å². The van der Waals surface area contributed by atoms with Crippen LogP contribution in [0.2, 0.25) is 0 Å². The van der Waals surface area contributed by atoms with E-state index < -0.39 is 52.9 Å². The average Bonchev–Trinajstić information content (AvgIpc) is 2.70. The Bertz CT molecular complexity index is 985. The van der Waals surface area contributed by atoms with Gasteiger partial charge in [-0.1, -0.05) is 13.0 Å². The number of amides is 1. The maximum atomic E-state index is 12.7. The van der Waals surface area contributed by atoms with Crippen molar-refractivity contribution in [2.45, 2.75) is 63.1 Å². The number of carbonyl (C=O) groups excluding carboxylic acids is 2. The average molecular weight is 465 g/mol. The first-order valence-corrected chi connectivity index (χ1v) is 11.1. The number of carbonyl (C=O) groups is 2. The van der Waals surface area contributed by atoms with Crippen molar-refractivity contribution in [2.24, 2.45) is 28.9 Å². The van der Waals surface area contributed by atoms with Crippen molar-refractivity contribution in [3.05, 3.63) is 28.8 Å². The van der Waals surface area contributed by atoms with Gasteiger partial charge < -0.3 is 36.1 Å². The molecule has 1 aromatic carbocycles. The van der Waals surface area contributed by atoms with Crippen LogP contribution in [0.4, 0.5) is 0 Å². The van der Waals surface area contributed by atoms with Gasteiger partial charge in [-0.3, -0.25) is 9.59 Å². The molecule has 10 heteroatoms. The molecular formula is C23H32N2O8. The summed E-state index contributed by atoms with van der Waals surface area (Å²) in [5, 5.41) is 55.9. The third-order valence-corrected chi connectivity index (χ3v) is 8.28. The number of Topliss-reactive ketones (excluding diaryl/α,β-unsaturated/α-hetero) is 1. The molecule has 0 saturated heterocycles. The largest absolute Gasteiger partial charge is 0.508 e. The molecule has 0 radical (unpaired) electrons. The number of nitrogens with one attached hydrogen (secondary N) is 1. The van der Waals surface area contributed by atoms with Gasteiger partial charge in [0, 0.05) is 23.3 Å². The first kappa shape index (κ1) is 24.1. The molecule has 182 valence electrons. The van der Waals surface area contributed by atoms with Gasteiger partial charge in [0.05, 0.1) is 25.4 Å². The molecule has 1 aromatic rings. The lowest BCUT2D eigenvalue weighted by molar-refractivity contribution is -0.283. The second-order valence-electron chi connectivity index (χ2n) is 10.1. The highest BCUT2D eigenvalue weighted by Gasteiger charge is 2.70. The van der Waals surface area contributed by atoms with Crippen LogP contribution >= 0.6 is 0 Å². The number of benzene rings is 1. The van der Waals surface area contributed by atoms with Gasteiger partial charge in [0.1, 0.15) is 29.2 Å². The number of aromatic hydroxyl groups is 1. The SMILES string of the molecule is CONC(C)c1ccc(O)c2c1C[C@H]1C[C@@]3(C)CC(=O)C(C(N)=O)C(O)[C@@]3(O)C(O)C1C2O. The van der Waals surface area contributed by atoms with Crippen LogP contribution < -0.4 is 11.2 Å². The number of hydrogen-bond acceptors (Lipinski definition) is 9. The molecule has 9 atom stereocenters. The number of primary amides is 1. The number of nitrogens with two attached hydrogens (primary N) is 1. The van der Waals surface area contributed by atoms with Crippen molar-refractivity contribution < 1.29 is 40.0 Å². The number of hydrogen-bond donors (Lipinski definition) is 7. The van der Waals surface area contributed by atoms with Crippen LogP contribution in [0.3, 0.4) is 0 Å². The van der Waals surface area contributed by atoms with E-state index in [-0.39, 0.29) is 36.1 Å². The number of ketones is 1. The van der Waals surface area contributed by atoms with Gasteiger partial charge in [-0.15, -0.1) is 0 Å². The zero-order valence-corrected chi connectivity index (χ0v) is 18.9. The van der Waals surface area contributed by atoms with Gasteiger partial charge in [-0.05, 0) is 42.9 Å². The van der Waals surface area contributed by atoms with Gasteiger partial charge in [-0.2, -0.15) is 5.48 Å². The number of aliphatic hydroxyl groups excluding tert-OH is 3. The summed E-state index contributed by atoms with van der Waals surface area (Å²) >= 11 is 0. The van der Waals surface area contributed by atoms with E-state index >= 15 is 0 Å². The summed E-state index contributed by atoms with van der Waals surface area (Å²) in [5.41, 5.74) is 6.41. The smallest absolute Gasteiger partial charge is 0.230 e. The molecule has 0 bridgehead atoms. The molecule has 0 aromatic heterocycles. The maximum Gasteiger partial charge on any atom is 0.230 e. The van der Waals surface area contributed by atoms with Crippen LogP contribution in [0.25, 0.3) is 0 Å². The molecule has 0 aliphatic heterocycles. The quantitative estimate of drug-likeness (QED) is 0.225. The maximum absolute atomic E-state index is 12.7. The molecule has 0 spiro atoms. The van der Waals surface area contributed by atoms with Crippen LogP contribution in [0.5, 0.6) is 5.75 Å². The van der Waals surface area contributed by atoms with E-state index in [1.807, 2.05) is 6.92 Å². The summed E-state index contributed by atoms with van der Waals surface area (Å²) < 4.78 is 0.